The average Bonchev–Trinajstić information content (AvgIpc) is 2.73. The third-order valence-corrected chi connectivity index (χ3v) is 4.47. The minimum absolute atomic E-state index is 0.00748. The van der Waals surface area contributed by atoms with Crippen LogP contribution < -0.4 is 15.4 Å². The van der Waals surface area contributed by atoms with Crippen molar-refractivity contribution in [2.75, 3.05) is 27.7 Å². The molecule has 6 nitrogen and oxygen atoms in total. The van der Waals surface area contributed by atoms with Gasteiger partial charge in [-0.25, -0.2) is 4.99 Å². The lowest BCUT2D eigenvalue weighted by molar-refractivity contribution is -0.137. The zero-order valence-electron chi connectivity index (χ0n) is 18.0. The Balaban J connectivity index is 2.17. The molecule has 2 N–H and O–H groups in total. The van der Waals surface area contributed by atoms with Gasteiger partial charge in [0.05, 0.1) is 25.8 Å². The van der Waals surface area contributed by atoms with Crippen LogP contribution in [0.4, 0.5) is 13.2 Å². The van der Waals surface area contributed by atoms with Crippen molar-refractivity contribution in [3.05, 3.63) is 64.7 Å². The maximum atomic E-state index is 12.9. The molecule has 0 fully saturated rings. The Hall–Kier alpha value is -3.23. The van der Waals surface area contributed by atoms with Crippen molar-refractivity contribution in [1.29, 1.82) is 0 Å². The molecule has 0 aliphatic heterocycles. The maximum Gasteiger partial charge on any atom is 0.416 e. The number of nitrogens with zero attached hydrogens (tertiary/aromatic N) is 2. The van der Waals surface area contributed by atoms with Crippen molar-refractivity contribution in [1.82, 2.24) is 15.5 Å². The van der Waals surface area contributed by atoms with Gasteiger partial charge in [0.15, 0.2) is 5.96 Å². The molecule has 2 aromatic carbocycles. The van der Waals surface area contributed by atoms with E-state index in [1.54, 1.807) is 27.3 Å². The second-order valence-electron chi connectivity index (χ2n) is 7.17. The Morgan fingerprint density at radius 1 is 1.13 bits per heavy atom. The average molecular weight is 436 g/mol. The largest absolute Gasteiger partial charge is 0.496 e. The number of alkyl halides is 3. The number of likely N-dealkylation sites (N-methyl/N-ethyl adjacent to an activating group) is 1. The Labute approximate surface area is 180 Å². The molecule has 0 spiro atoms. The Morgan fingerprint density at radius 3 is 2.52 bits per heavy atom. The van der Waals surface area contributed by atoms with Gasteiger partial charge >= 0.3 is 6.18 Å². The molecule has 0 bridgehead atoms. The molecule has 2 rings (SSSR count). The van der Waals surface area contributed by atoms with Crippen LogP contribution in [0.15, 0.2) is 47.5 Å². The van der Waals surface area contributed by atoms with Crippen LogP contribution in [0.3, 0.4) is 0 Å². The maximum absolute atomic E-state index is 12.9. The number of hydrogen-bond acceptors (Lipinski definition) is 3. The van der Waals surface area contributed by atoms with Crippen LogP contribution in [0.1, 0.15) is 22.3 Å². The van der Waals surface area contributed by atoms with E-state index in [0.29, 0.717) is 23.8 Å². The molecular formula is C22H27F3N4O2. The van der Waals surface area contributed by atoms with E-state index in [9.17, 15) is 18.0 Å². The number of halogens is 3. The number of nitrogens with one attached hydrogen (secondary N) is 2. The van der Waals surface area contributed by atoms with E-state index >= 15 is 0 Å². The molecule has 168 valence electrons. The molecule has 0 unspecified atom stereocenters. The van der Waals surface area contributed by atoms with E-state index in [1.165, 1.54) is 11.0 Å². The standard InChI is InChI=1S/C22H27F3N4O2/c1-15-8-9-17(19(10-15)31-4)13-27-21(28-14-20(30)29(2)3)26-12-16-6-5-7-18(11-16)22(23,24)25/h5-11H,12-14H2,1-4H3,(H2,26,27,28). The Kier molecular flexibility index (Phi) is 8.30. The predicted molar refractivity (Wildman–Crippen MR) is 114 cm³/mol. The minimum Gasteiger partial charge on any atom is -0.496 e. The number of aryl methyl sites for hydroxylation is 1. The van der Waals surface area contributed by atoms with E-state index in [0.717, 1.165) is 23.3 Å². The van der Waals surface area contributed by atoms with Gasteiger partial charge in [-0.2, -0.15) is 13.2 Å². The summed E-state index contributed by atoms with van der Waals surface area (Å²) in [7, 11) is 4.84. The molecular weight excluding hydrogens is 409 g/mol. The van der Waals surface area contributed by atoms with Crippen LogP contribution in [-0.2, 0) is 24.1 Å². The molecule has 0 aliphatic carbocycles. The summed E-state index contributed by atoms with van der Waals surface area (Å²) in [4.78, 5) is 17.7. The number of rotatable bonds is 7. The fourth-order valence-electron chi connectivity index (χ4n) is 2.68. The lowest BCUT2D eigenvalue weighted by Crippen LogP contribution is -2.42. The molecule has 1 amide bonds. The van der Waals surface area contributed by atoms with Crippen LogP contribution in [0.25, 0.3) is 0 Å². The number of carbonyl (C=O) groups is 1. The number of carbonyl (C=O) groups excluding carboxylic acids is 1. The quantitative estimate of drug-likeness (QED) is 0.516. The number of aliphatic imine (C=N–C) groups is 1. The van der Waals surface area contributed by atoms with Gasteiger partial charge in [0, 0.05) is 26.2 Å². The normalized spacial score (nSPS) is 11.8. The van der Waals surface area contributed by atoms with Gasteiger partial charge in [-0.15, -0.1) is 0 Å². The first-order valence-electron chi connectivity index (χ1n) is 9.62. The highest BCUT2D eigenvalue weighted by Gasteiger charge is 2.30. The van der Waals surface area contributed by atoms with Gasteiger partial charge < -0.3 is 20.3 Å². The summed E-state index contributed by atoms with van der Waals surface area (Å²) in [5.74, 6) is 0.839. The lowest BCUT2D eigenvalue weighted by atomic mass is 10.1. The first kappa shape index (κ1) is 24.0. The number of ether oxygens (including phenoxy) is 1. The number of amides is 1. The number of guanidine groups is 1. The molecule has 0 radical (unpaired) electrons. The van der Waals surface area contributed by atoms with Crippen LogP contribution >= 0.6 is 0 Å². The number of benzene rings is 2. The fraction of sp³-hybridized carbons (Fsp3) is 0.364. The SMILES string of the molecule is COc1cc(C)ccc1CNC(=NCc1cccc(C(F)(F)F)c1)NCC(=O)N(C)C. The van der Waals surface area contributed by atoms with Gasteiger partial charge in [-0.3, -0.25) is 4.79 Å². The summed E-state index contributed by atoms with van der Waals surface area (Å²) in [6.45, 7) is 2.32. The van der Waals surface area contributed by atoms with Crippen molar-refractivity contribution in [3.8, 4) is 5.75 Å². The summed E-state index contributed by atoms with van der Waals surface area (Å²) in [5, 5.41) is 6.03. The molecule has 31 heavy (non-hydrogen) atoms. The van der Waals surface area contributed by atoms with Crippen LogP contribution in [0.5, 0.6) is 5.75 Å². The summed E-state index contributed by atoms with van der Waals surface area (Å²) in [6, 6.07) is 10.8. The molecule has 0 aliphatic rings. The highest BCUT2D eigenvalue weighted by Crippen LogP contribution is 2.29. The minimum atomic E-state index is -4.42. The van der Waals surface area contributed by atoms with Crippen molar-refractivity contribution in [3.63, 3.8) is 0 Å². The van der Waals surface area contributed by atoms with E-state index in [4.69, 9.17) is 4.74 Å². The topological polar surface area (TPSA) is 66.0 Å². The third kappa shape index (κ3) is 7.51. The second-order valence-corrected chi connectivity index (χ2v) is 7.17. The highest BCUT2D eigenvalue weighted by atomic mass is 19.4. The van der Waals surface area contributed by atoms with Crippen molar-refractivity contribution in [2.45, 2.75) is 26.2 Å². The van der Waals surface area contributed by atoms with Crippen molar-refractivity contribution < 1.29 is 22.7 Å². The Bertz CT molecular complexity index is 927. The summed E-state index contributed by atoms with van der Waals surface area (Å²) < 4.78 is 44.2. The molecule has 2 aromatic rings. The zero-order valence-corrected chi connectivity index (χ0v) is 18.0. The van der Waals surface area contributed by atoms with Crippen molar-refractivity contribution >= 4 is 11.9 Å². The van der Waals surface area contributed by atoms with Gasteiger partial charge in [0.1, 0.15) is 5.75 Å². The van der Waals surface area contributed by atoms with E-state index in [1.807, 2.05) is 25.1 Å². The summed E-state index contributed by atoms with van der Waals surface area (Å²) in [5.41, 5.74) is 1.60. The van der Waals surface area contributed by atoms with E-state index in [-0.39, 0.29) is 19.0 Å². The number of methoxy groups -OCH3 is 1. The number of hydrogen-bond donors (Lipinski definition) is 2. The third-order valence-electron chi connectivity index (χ3n) is 4.47. The Morgan fingerprint density at radius 2 is 1.87 bits per heavy atom. The summed E-state index contributed by atoms with van der Waals surface area (Å²) >= 11 is 0. The fourth-order valence-corrected chi connectivity index (χ4v) is 2.68. The predicted octanol–water partition coefficient (Wildman–Crippen LogP) is 3.35. The molecule has 0 aromatic heterocycles. The van der Waals surface area contributed by atoms with Gasteiger partial charge in [-0.05, 0) is 36.2 Å². The monoisotopic (exact) mass is 436 g/mol. The van der Waals surface area contributed by atoms with E-state index < -0.39 is 11.7 Å². The van der Waals surface area contributed by atoms with Gasteiger partial charge in [-0.1, -0.05) is 24.3 Å². The zero-order chi connectivity index (χ0) is 23.0. The molecule has 0 atom stereocenters. The molecule has 0 saturated heterocycles. The summed E-state index contributed by atoms with van der Waals surface area (Å²) in [6.07, 6.45) is -4.42. The highest BCUT2D eigenvalue weighted by molar-refractivity contribution is 5.86. The van der Waals surface area contributed by atoms with Crippen molar-refractivity contribution in [2.24, 2.45) is 4.99 Å². The smallest absolute Gasteiger partial charge is 0.416 e. The first-order chi connectivity index (χ1) is 14.6. The van der Waals surface area contributed by atoms with Crippen LogP contribution in [0, 0.1) is 6.92 Å². The van der Waals surface area contributed by atoms with E-state index in [2.05, 4.69) is 15.6 Å². The molecule has 9 heteroatoms. The molecule has 0 heterocycles. The van der Waals surface area contributed by atoms with Crippen LogP contribution in [-0.4, -0.2) is 44.5 Å². The second kappa shape index (κ2) is 10.7. The molecule has 0 saturated carbocycles. The lowest BCUT2D eigenvalue weighted by Gasteiger charge is -2.16. The van der Waals surface area contributed by atoms with Gasteiger partial charge in [0.2, 0.25) is 5.91 Å². The van der Waals surface area contributed by atoms with Crippen LogP contribution in [0.2, 0.25) is 0 Å². The first-order valence-corrected chi connectivity index (χ1v) is 9.62. The van der Waals surface area contributed by atoms with Gasteiger partial charge in [0.25, 0.3) is 0 Å².